The molecule has 0 aliphatic carbocycles. The van der Waals surface area contributed by atoms with E-state index in [4.69, 9.17) is 4.74 Å². The maximum atomic E-state index is 10.3. The van der Waals surface area contributed by atoms with Gasteiger partial charge in [-0.2, -0.15) is 10.2 Å². The zero-order valence-electron chi connectivity index (χ0n) is 16.0. The average Bonchev–Trinajstić information content (AvgIpc) is 2.62. The molecule has 3 aromatic carbocycles. The monoisotopic (exact) mass is 385 g/mol. The summed E-state index contributed by atoms with van der Waals surface area (Å²) in [7, 11) is 7.95. The van der Waals surface area contributed by atoms with Crippen molar-refractivity contribution in [2.75, 3.05) is 28.3 Å². The molecule has 3 aromatic rings. The van der Waals surface area contributed by atoms with E-state index in [-0.39, 0.29) is 18.2 Å². The first-order chi connectivity index (χ1) is 12.4. The molecule has 0 spiro atoms. The number of azo groups is 1. The lowest BCUT2D eigenvalue weighted by Crippen LogP contribution is -3.00. The highest BCUT2D eigenvalue weighted by Gasteiger charge is 2.15. The van der Waals surface area contributed by atoms with Gasteiger partial charge >= 0.3 is 0 Å². The first-order valence-corrected chi connectivity index (χ1v) is 8.47. The fraction of sp³-hybridized carbons (Fsp3) is 0.238. The van der Waals surface area contributed by atoms with E-state index in [1.54, 1.807) is 13.2 Å². The Morgan fingerprint density at radius 3 is 2.41 bits per heavy atom. The van der Waals surface area contributed by atoms with Crippen molar-refractivity contribution >= 4 is 22.1 Å². The van der Waals surface area contributed by atoms with Crippen LogP contribution < -0.4 is 21.6 Å². The van der Waals surface area contributed by atoms with Gasteiger partial charge in [-0.15, -0.1) is 0 Å². The molecule has 0 aliphatic rings. The van der Waals surface area contributed by atoms with Crippen molar-refractivity contribution in [1.82, 2.24) is 4.48 Å². The summed E-state index contributed by atoms with van der Waals surface area (Å²) in [5.41, 5.74) is 2.57. The Hall–Kier alpha value is -2.63. The zero-order chi connectivity index (χ0) is 18.7. The molecular formula is C21H24ClN3O2. The van der Waals surface area contributed by atoms with Gasteiger partial charge in [0.25, 0.3) is 0 Å². The van der Waals surface area contributed by atoms with Crippen LogP contribution in [0.5, 0.6) is 11.5 Å². The highest BCUT2D eigenvalue weighted by Crippen LogP contribution is 2.37. The quantitative estimate of drug-likeness (QED) is 0.539. The molecule has 3 rings (SSSR count). The van der Waals surface area contributed by atoms with Gasteiger partial charge in [0, 0.05) is 17.0 Å². The molecule has 142 valence electrons. The topological polar surface area (TPSA) is 54.2 Å². The summed E-state index contributed by atoms with van der Waals surface area (Å²) in [6.07, 6.45) is 0. The molecule has 0 amide bonds. The van der Waals surface area contributed by atoms with E-state index in [2.05, 4.69) is 43.5 Å². The van der Waals surface area contributed by atoms with Crippen molar-refractivity contribution < 1.29 is 22.3 Å². The number of aromatic hydroxyl groups is 1. The molecule has 0 saturated carbocycles. The van der Waals surface area contributed by atoms with Crippen LogP contribution in [0.25, 0.3) is 10.8 Å². The van der Waals surface area contributed by atoms with Crippen molar-refractivity contribution in [3.8, 4) is 11.5 Å². The van der Waals surface area contributed by atoms with Crippen LogP contribution in [0.1, 0.15) is 5.56 Å². The van der Waals surface area contributed by atoms with Crippen LogP contribution in [0.2, 0.25) is 0 Å². The van der Waals surface area contributed by atoms with Gasteiger partial charge in [-0.1, -0.05) is 24.3 Å². The van der Waals surface area contributed by atoms with Crippen molar-refractivity contribution in [3.63, 3.8) is 0 Å². The summed E-state index contributed by atoms with van der Waals surface area (Å²) in [6, 6.07) is 17.5. The van der Waals surface area contributed by atoms with Gasteiger partial charge in [-0.3, -0.25) is 4.48 Å². The summed E-state index contributed by atoms with van der Waals surface area (Å²) in [5, 5.41) is 20.9. The Labute approximate surface area is 165 Å². The second kappa shape index (κ2) is 8.37. The number of hydrogen-bond donors (Lipinski definition) is 1. The lowest BCUT2D eigenvalue weighted by atomic mass is 10.1. The second-order valence-corrected chi connectivity index (χ2v) is 7.06. The third-order valence-corrected chi connectivity index (χ3v) is 4.33. The Kier molecular flexibility index (Phi) is 6.41. The fourth-order valence-electron chi connectivity index (χ4n) is 2.82. The van der Waals surface area contributed by atoms with Crippen LogP contribution in [0.3, 0.4) is 0 Å². The molecule has 27 heavy (non-hydrogen) atoms. The van der Waals surface area contributed by atoms with Crippen molar-refractivity contribution in [2.45, 2.75) is 6.54 Å². The molecular weight excluding hydrogens is 362 g/mol. The number of halogens is 1. The molecule has 0 heterocycles. The molecule has 0 unspecified atom stereocenters. The lowest BCUT2D eigenvalue weighted by Gasteiger charge is -2.23. The first-order valence-electron chi connectivity index (χ1n) is 8.47. The number of para-hydroxylation sites is 1. The van der Waals surface area contributed by atoms with E-state index < -0.39 is 0 Å². The first kappa shape index (κ1) is 20.7. The molecule has 0 saturated heterocycles. The summed E-state index contributed by atoms with van der Waals surface area (Å²) < 4.78 is 6.03. The number of benzene rings is 3. The smallest absolute Gasteiger partial charge is 0.143 e. The average molecular weight is 386 g/mol. The van der Waals surface area contributed by atoms with E-state index in [1.807, 2.05) is 36.4 Å². The van der Waals surface area contributed by atoms with E-state index in [1.165, 1.54) is 0 Å². The van der Waals surface area contributed by atoms with E-state index in [9.17, 15) is 5.11 Å². The van der Waals surface area contributed by atoms with Crippen LogP contribution >= 0.6 is 0 Å². The number of hydrogen-bond acceptors (Lipinski definition) is 4. The Bertz CT molecular complexity index is 965. The summed E-state index contributed by atoms with van der Waals surface area (Å²) >= 11 is 0. The predicted octanol–water partition coefficient (Wildman–Crippen LogP) is 2.04. The summed E-state index contributed by atoms with van der Waals surface area (Å²) in [5.74, 6) is 0.903. The van der Waals surface area contributed by atoms with Crippen molar-refractivity contribution in [1.29, 1.82) is 0 Å². The van der Waals surface area contributed by atoms with Crippen molar-refractivity contribution in [3.05, 3.63) is 60.2 Å². The number of quaternary nitrogens is 1. The lowest BCUT2D eigenvalue weighted by molar-refractivity contribution is -0.00000678. The highest BCUT2D eigenvalue weighted by molar-refractivity contribution is 5.97. The molecule has 0 aromatic heterocycles. The number of fused-ring (bicyclic) bond motifs is 1. The number of rotatable bonds is 5. The van der Waals surface area contributed by atoms with Crippen LogP contribution in [0.15, 0.2) is 64.8 Å². The van der Waals surface area contributed by atoms with Gasteiger partial charge in [0.1, 0.15) is 22.9 Å². The normalized spacial score (nSPS) is 11.6. The number of phenols is 1. The molecule has 0 bridgehead atoms. The maximum Gasteiger partial charge on any atom is 0.143 e. The van der Waals surface area contributed by atoms with Gasteiger partial charge in [-0.25, -0.2) is 0 Å². The number of phenolic OH excluding ortho intramolecular Hbond substituents is 1. The molecule has 0 radical (unpaired) electrons. The third kappa shape index (κ3) is 4.56. The predicted molar refractivity (Wildman–Crippen MR) is 106 cm³/mol. The number of methoxy groups -OCH3 is 1. The minimum atomic E-state index is 0. The standard InChI is InChI=1S/C21H23N3O2.ClH/c1-24(2,3)17-11-9-15-10-12-19(25)21(18(15)13-17)23-22-14-16-7-5-6-8-20(16)26-4;/h5-13H,14H2,1-4H3;1H. The Morgan fingerprint density at radius 1 is 1.00 bits per heavy atom. The van der Waals surface area contributed by atoms with Gasteiger partial charge in [-0.05, 0) is 29.7 Å². The SMILES string of the molecule is COc1ccccc1CN=Nc1c(O)ccc2ccc([N+](C)(C)C)cc12.[Cl-]. The maximum absolute atomic E-state index is 10.3. The van der Waals surface area contributed by atoms with E-state index >= 15 is 0 Å². The number of ether oxygens (including phenoxy) is 1. The second-order valence-electron chi connectivity index (χ2n) is 7.06. The van der Waals surface area contributed by atoms with Gasteiger partial charge in [0.2, 0.25) is 0 Å². The van der Waals surface area contributed by atoms with Gasteiger partial charge in [0.15, 0.2) is 0 Å². The molecule has 0 fully saturated rings. The molecule has 5 nitrogen and oxygen atoms in total. The molecule has 0 atom stereocenters. The summed E-state index contributed by atoms with van der Waals surface area (Å²) in [4.78, 5) is 0. The highest BCUT2D eigenvalue weighted by atomic mass is 35.5. The van der Waals surface area contributed by atoms with E-state index in [0.29, 0.717) is 16.7 Å². The fourth-order valence-corrected chi connectivity index (χ4v) is 2.82. The van der Waals surface area contributed by atoms with Crippen LogP contribution in [0.4, 0.5) is 11.4 Å². The largest absolute Gasteiger partial charge is 1.00 e. The zero-order valence-corrected chi connectivity index (χ0v) is 16.7. The third-order valence-electron chi connectivity index (χ3n) is 4.33. The minimum Gasteiger partial charge on any atom is -1.00 e. The Morgan fingerprint density at radius 2 is 1.70 bits per heavy atom. The molecule has 6 heteroatoms. The minimum absolute atomic E-state index is 0. The van der Waals surface area contributed by atoms with Crippen LogP contribution in [-0.4, -0.2) is 33.4 Å². The van der Waals surface area contributed by atoms with Gasteiger partial charge in [0.05, 0.1) is 34.8 Å². The summed E-state index contributed by atoms with van der Waals surface area (Å²) in [6.45, 7) is 0.384. The van der Waals surface area contributed by atoms with Crippen molar-refractivity contribution in [2.24, 2.45) is 10.2 Å². The Balaban J connectivity index is 0.00000261. The molecule has 0 aliphatic heterocycles. The van der Waals surface area contributed by atoms with Crippen LogP contribution in [-0.2, 0) is 6.54 Å². The number of nitrogens with zero attached hydrogens (tertiary/aromatic N) is 3. The van der Waals surface area contributed by atoms with Crippen LogP contribution in [0, 0.1) is 0 Å². The van der Waals surface area contributed by atoms with E-state index in [0.717, 1.165) is 27.8 Å². The molecule has 1 N–H and O–H groups in total. The van der Waals surface area contributed by atoms with Gasteiger partial charge < -0.3 is 22.3 Å².